The van der Waals surface area contributed by atoms with Gasteiger partial charge in [-0.3, -0.25) is 24.6 Å². The highest BCUT2D eigenvalue weighted by atomic mass is 35.6. The van der Waals surface area contributed by atoms with Crippen molar-refractivity contribution < 1.29 is 34.1 Å². The Balaban J connectivity index is 1.23. The lowest BCUT2D eigenvalue weighted by Gasteiger charge is -2.49. The fourth-order valence-electron chi connectivity index (χ4n) is 7.33. The summed E-state index contributed by atoms with van der Waals surface area (Å²) in [5, 5.41) is 35.4. The molecule has 4 amide bonds. The molecule has 1 spiro atoms. The fourth-order valence-corrected chi connectivity index (χ4v) is 7.49. The van der Waals surface area contributed by atoms with Gasteiger partial charge in [-0.15, -0.1) is 0 Å². The number of nitrogens with zero attached hydrogens (tertiary/aromatic N) is 3. The minimum absolute atomic E-state index is 0.0242. The molecule has 0 saturated carbocycles. The first-order valence-corrected chi connectivity index (χ1v) is 16.2. The first kappa shape index (κ1) is 32.5. The van der Waals surface area contributed by atoms with Gasteiger partial charge in [-0.2, -0.15) is 0 Å². The zero-order valence-electron chi connectivity index (χ0n) is 25.1. The zero-order chi connectivity index (χ0) is 34.2. The number of imide groups is 1. The van der Waals surface area contributed by atoms with Crippen LogP contribution in [0.4, 0.5) is 4.79 Å². The molecule has 4 aliphatic heterocycles. The van der Waals surface area contributed by atoms with Crippen molar-refractivity contribution in [3.05, 3.63) is 71.6 Å². The average molecular weight is 719 g/mol. The van der Waals surface area contributed by atoms with Crippen LogP contribution in [0.2, 0.25) is 0 Å². The van der Waals surface area contributed by atoms with Crippen LogP contribution < -0.4 is 21.3 Å². The predicted octanol–water partition coefficient (Wildman–Crippen LogP) is 1.07. The smallest absolute Gasteiger partial charge is 0.414 e. The molecule has 3 fully saturated rings. The van der Waals surface area contributed by atoms with E-state index in [0.717, 1.165) is 27.2 Å². The molecule has 1 aliphatic carbocycles. The van der Waals surface area contributed by atoms with Crippen molar-refractivity contribution in [2.75, 3.05) is 19.7 Å². The van der Waals surface area contributed by atoms with Gasteiger partial charge in [-0.25, -0.2) is 9.79 Å². The number of fused-ring (bicyclic) bond motifs is 3. The van der Waals surface area contributed by atoms with Crippen LogP contribution in [-0.4, -0.2) is 103 Å². The van der Waals surface area contributed by atoms with Crippen molar-refractivity contribution in [3.63, 3.8) is 0 Å². The quantitative estimate of drug-likeness (QED) is 0.127. The Hall–Kier alpha value is -4.08. The number of carbonyl (C=O) groups is 4. The number of hydrogen-bond donors (Lipinski definition) is 6. The van der Waals surface area contributed by atoms with Gasteiger partial charge in [0.2, 0.25) is 27.4 Å². The topological polar surface area (TPSA) is 185 Å². The second-order valence-corrected chi connectivity index (χ2v) is 14.8. The number of hydrogen-bond acceptors (Lipinski definition) is 11. The van der Waals surface area contributed by atoms with Gasteiger partial charge >= 0.3 is 6.09 Å². The van der Waals surface area contributed by atoms with Crippen LogP contribution in [0.5, 0.6) is 0 Å². The summed E-state index contributed by atoms with van der Waals surface area (Å²) in [6.45, 7) is 2.78. The number of carbonyl (C=O) groups excluding carboxylic acids is 4. The zero-order valence-corrected chi connectivity index (χ0v) is 27.4. The number of aliphatic imine (C=N–C) groups is 1. The number of alkyl carbamates (subject to hydrolysis) is 1. The molecule has 4 heterocycles. The molecule has 5 aliphatic rings. The standard InChI is InChI=1S/C31H30Cl3N7O7/c1-15-35-25-21(12-40-23(42)9-10-24(40)43)36-27(38-28(45)48-14-29(32,33)34)41-13-22(31(46,47)30(25,41)39-15)37-26(44)19-8-4-7-18-17-6-3-2-5-16(17)11-20(18)19/h2-8,21-22,25,35,39,46-47H,1,9-14H2,(H,37,44)(H,36,38,45)/t21-,22?,25-,30-/m0/s1. The lowest BCUT2D eigenvalue weighted by Crippen LogP contribution is -2.78. The normalized spacial score (nSPS) is 26.6. The first-order chi connectivity index (χ1) is 22.7. The Morgan fingerprint density at radius 3 is 2.52 bits per heavy atom. The second kappa shape index (κ2) is 11.5. The Kier molecular flexibility index (Phi) is 7.79. The molecule has 4 atom stereocenters. The van der Waals surface area contributed by atoms with Gasteiger partial charge in [-0.05, 0) is 34.7 Å². The number of ether oxygens (including phenoxy) is 1. The van der Waals surface area contributed by atoms with Gasteiger partial charge in [0, 0.05) is 24.9 Å². The van der Waals surface area contributed by atoms with Crippen LogP contribution in [-0.2, 0) is 20.7 Å². The van der Waals surface area contributed by atoms with Crippen LogP contribution in [0.3, 0.4) is 0 Å². The third-order valence-corrected chi connectivity index (χ3v) is 9.72. The third-order valence-electron chi connectivity index (χ3n) is 9.39. The average Bonchev–Trinajstić information content (AvgIpc) is 3.74. The van der Waals surface area contributed by atoms with Gasteiger partial charge in [-0.1, -0.05) is 77.8 Å². The molecular formula is C31H30Cl3N7O7. The van der Waals surface area contributed by atoms with Gasteiger partial charge in [0.25, 0.3) is 5.91 Å². The third kappa shape index (κ3) is 5.22. The minimum atomic E-state index is -2.76. The van der Waals surface area contributed by atoms with E-state index in [2.05, 4.69) is 32.8 Å². The number of benzene rings is 2. The molecule has 2 aromatic rings. The van der Waals surface area contributed by atoms with E-state index in [1.807, 2.05) is 30.3 Å². The number of amides is 4. The fraction of sp³-hybridized carbons (Fsp3) is 0.387. The molecule has 48 heavy (non-hydrogen) atoms. The number of aliphatic hydroxyl groups is 2. The van der Waals surface area contributed by atoms with E-state index in [-0.39, 0.29) is 37.7 Å². The van der Waals surface area contributed by atoms with Crippen LogP contribution in [0.25, 0.3) is 11.1 Å². The van der Waals surface area contributed by atoms with Crippen LogP contribution in [0.1, 0.15) is 34.3 Å². The number of alkyl halides is 3. The molecule has 252 valence electrons. The lowest BCUT2D eigenvalue weighted by atomic mass is 9.85. The summed E-state index contributed by atoms with van der Waals surface area (Å²) >= 11 is 17.2. The van der Waals surface area contributed by atoms with E-state index in [9.17, 15) is 29.4 Å². The maximum absolute atomic E-state index is 13.9. The number of halogens is 3. The summed E-state index contributed by atoms with van der Waals surface area (Å²) < 4.78 is 3.12. The lowest BCUT2D eigenvalue weighted by molar-refractivity contribution is -0.231. The highest BCUT2D eigenvalue weighted by Crippen LogP contribution is 2.45. The van der Waals surface area contributed by atoms with Crippen molar-refractivity contribution in [1.29, 1.82) is 0 Å². The highest BCUT2D eigenvalue weighted by molar-refractivity contribution is 6.67. The van der Waals surface area contributed by atoms with E-state index < -0.39 is 63.8 Å². The van der Waals surface area contributed by atoms with Crippen molar-refractivity contribution in [2.45, 2.75) is 52.6 Å². The van der Waals surface area contributed by atoms with E-state index in [1.165, 1.54) is 4.90 Å². The molecule has 17 heteroatoms. The second-order valence-electron chi connectivity index (χ2n) is 12.3. The Morgan fingerprint density at radius 1 is 1.08 bits per heavy atom. The summed E-state index contributed by atoms with van der Waals surface area (Å²) in [5.74, 6) is -4.19. The van der Waals surface area contributed by atoms with Gasteiger partial charge in [0.15, 0.2) is 5.66 Å². The number of nitrogens with one attached hydrogen (secondary N) is 4. The van der Waals surface area contributed by atoms with Crippen molar-refractivity contribution in [1.82, 2.24) is 31.1 Å². The van der Waals surface area contributed by atoms with Crippen LogP contribution in [0, 0.1) is 0 Å². The highest BCUT2D eigenvalue weighted by Gasteiger charge is 2.74. The predicted molar refractivity (Wildman–Crippen MR) is 174 cm³/mol. The van der Waals surface area contributed by atoms with Gasteiger partial charge in [0.05, 0.1) is 24.4 Å². The molecule has 14 nitrogen and oxygen atoms in total. The van der Waals surface area contributed by atoms with Crippen molar-refractivity contribution in [2.24, 2.45) is 4.99 Å². The first-order valence-electron chi connectivity index (χ1n) is 15.1. The minimum Gasteiger partial charge on any atom is -0.445 e. The number of likely N-dealkylation sites (tertiary alicyclic amines) is 1. The molecule has 6 N–H and O–H groups in total. The summed E-state index contributed by atoms with van der Waals surface area (Å²) in [7, 11) is 0. The van der Waals surface area contributed by atoms with E-state index >= 15 is 0 Å². The van der Waals surface area contributed by atoms with E-state index in [4.69, 9.17) is 39.5 Å². The largest absolute Gasteiger partial charge is 0.445 e. The molecule has 1 unspecified atom stereocenters. The van der Waals surface area contributed by atoms with E-state index in [0.29, 0.717) is 12.0 Å². The number of guanidine groups is 1. The molecule has 0 aromatic heterocycles. The monoisotopic (exact) mass is 717 g/mol. The Labute approximate surface area is 289 Å². The molecule has 2 aromatic carbocycles. The van der Waals surface area contributed by atoms with Crippen molar-refractivity contribution >= 4 is 64.6 Å². The molecule has 3 saturated heterocycles. The van der Waals surface area contributed by atoms with E-state index in [1.54, 1.807) is 12.1 Å². The molecular weight excluding hydrogens is 689 g/mol. The molecule has 0 bridgehead atoms. The van der Waals surface area contributed by atoms with Crippen LogP contribution in [0.15, 0.2) is 59.9 Å². The van der Waals surface area contributed by atoms with Gasteiger partial charge < -0.3 is 35.8 Å². The summed E-state index contributed by atoms with van der Waals surface area (Å²) in [5.41, 5.74) is 2.26. The Bertz CT molecular complexity index is 1780. The number of rotatable bonds is 5. The molecule has 0 radical (unpaired) electrons. The summed E-state index contributed by atoms with van der Waals surface area (Å²) in [6, 6.07) is 9.78. The maximum Gasteiger partial charge on any atom is 0.414 e. The molecule has 7 rings (SSSR count). The summed E-state index contributed by atoms with van der Waals surface area (Å²) in [6.07, 6.45) is -0.509. The Morgan fingerprint density at radius 2 is 1.79 bits per heavy atom. The maximum atomic E-state index is 13.9. The van der Waals surface area contributed by atoms with Crippen LogP contribution >= 0.6 is 34.8 Å². The van der Waals surface area contributed by atoms with Crippen molar-refractivity contribution in [3.8, 4) is 11.1 Å². The SMILES string of the molecule is C=C1N[C@H]2[C@H](CN3C(=O)CCC3=O)N=C(NC(=O)OCC(Cl)(Cl)Cl)N3CC(NC(=O)c4cccc5c4Cc4ccccc4-5)C(O)(O)[C@]23N1. The summed E-state index contributed by atoms with van der Waals surface area (Å²) in [4.78, 5) is 59.0. The van der Waals surface area contributed by atoms with Gasteiger partial charge in [0.1, 0.15) is 12.6 Å².